The number of carboxylic acids is 1. The number of halogens is 1. The molecule has 0 unspecified atom stereocenters. The van der Waals surface area contributed by atoms with Crippen LogP contribution in [-0.2, 0) is 9.59 Å². The van der Waals surface area contributed by atoms with E-state index in [9.17, 15) is 18.8 Å². The van der Waals surface area contributed by atoms with Gasteiger partial charge in [-0.3, -0.25) is 9.59 Å². The van der Waals surface area contributed by atoms with Gasteiger partial charge in [0.1, 0.15) is 12.4 Å². The van der Waals surface area contributed by atoms with Gasteiger partial charge in [0.05, 0.1) is 12.2 Å². The summed E-state index contributed by atoms with van der Waals surface area (Å²) in [5.41, 5.74) is -0.0223. The molecule has 4 N–H and O–H groups in total. The number of hydrogen-bond donors (Lipinski definition) is 4. The van der Waals surface area contributed by atoms with E-state index in [2.05, 4.69) is 16.0 Å². The Hall–Kier alpha value is -2.64. The van der Waals surface area contributed by atoms with Gasteiger partial charge in [0.15, 0.2) is 0 Å². The van der Waals surface area contributed by atoms with E-state index < -0.39 is 36.8 Å². The first-order chi connectivity index (χ1) is 8.99. The monoisotopic (exact) mass is 269 g/mol. The topological polar surface area (TPSA) is 108 Å². The molecule has 0 saturated heterocycles. The minimum atomic E-state index is -1.19. The van der Waals surface area contributed by atoms with Crippen molar-refractivity contribution in [3.63, 3.8) is 0 Å². The Kier molecular flexibility index (Phi) is 5.27. The molecule has 1 aromatic rings. The smallest absolute Gasteiger partial charge is 0.322 e. The molecule has 0 aliphatic carbocycles. The molecule has 0 radical (unpaired) electrons. The largest absolute Gasteiger partial charge is 0.480 e. The molecule has 0 aliphatic rings. The Labute approximate surface area is 107 Å². The summed E-state index contributed by atoms with van der Waals surface area (Å²) >= 11 is 0. The first-order valence-corrected chi connectivity index (χ1v) is 5.27. The summed E-state index contributed by atoms with van der Waals surface area (Å²) in [7, 11) is 0. The number of urea groups is 1. The zero-order valence-corrected chi connectivity index (χ0v) is 9.77. The second-order valence-corrected chi connectivity index (χ2v) is 3.46. The van der Waals surface area contributed by atoms with E-state index in [0.717, 1.165) is 0 Å². The highest BCUT2D eigenvalue weighted by Crippen LogP contribution is 2.11. The third kappa shape index (κ3) is 5.48. The molecule has 19 heavy (non-hydrogen) atoms. The lowest BCUT2D eigenvalue weighted by atomic mass is 10.3. The van der Waals surface area contributed by atoms with Crippen LogP contribution in [0, 0.1) is 5.82 Å². The Morgan fingerprint density at radius 3 is 2.42 bits per heavy atom. The first-order valence-electron chi connectivity index (χ1n) is 5.27. The molecule has 0 heterocycles. The van der Waals surface area contributed by atoms with E-state index in [4.69, 9.17) is 5.11 Å². The number of carbonyl (C=O) groups excluding carboxylic acids is 2. The van der Waals surface area contributed by atoms with Crippen LogP contribution in [0.4, 0.5) is 14.9 Å². The first kappa shape index (κ1) is 14.4. The molecule has 0 saturated carbocycles. The standard InChI is InChI=1S/C11H12FN3O4/c12-7-3-1-2-4-8(7)15-11(19)14-5-9(16)13-6-10(17)18/h1-4H,5-6H2,(H,13,16)(H,17,18)(H2,14,15,19). The molecule has 0 aromatic heterocycles. The van der Waals surface area contributed by atoms with Crippen LogP contribution in [0.25, 0.3) is 0 Å². The normalized spacial score (nSPS) is 9.53. The van der Waals surface area contributed by atoms with Gasteiger partial charge in [-0.2, -0.15) is 0 Å². The van der Waals surface area contributed by atoms with Gasteiger partial charge in [-0.1, -0.05) is 12.1 Å². The highest BCUT2D eigenvalue weighted by atomic mass is 19.1. The Bertz CT molecular complexity index is 493. The number of carbonyl (C=O) groups is 3. The van der Waals surface area contributed by atoms with Gasteiger partial charge in [-0.25, -0.2) is 9.18 Å². The van der Waals surface area contributed by atoms with Crippen LogP contribution < -0.4 is 16.0 Å². The van der Waals surface area contributed by atoms with Gasteiger partial charge in [0, 0.05) is 0 Å². The molecule has 0 bridgehead atoms. The molecule has 1 rings (SSSR count). The summed E-state index contributed by atoms with van der Waals surface area (Å²) in [5, 5.41) is 14.7. The van der Waals surface area contributed by atoms with Crippen LogP contribution in [0.15, 0.2) is 24.3 Å². The summed E-state index contributed by atoms with van der Waals surface area (Å²) in [6, 6.07) is 4.78. The molecule has 0 spiro atoms. The van der Waals surface area contributed by atoms with Gasteiger partial charge in [-0.05, 0) is 12.1 Å². The maximum absolute atomic E-state index is 13.2. The van der Waals surface area contributed by atoms with Crippen molar-refractivity contribution in [2.45, 2.75) is 0 Å². The summed E-state index contributed by atoms with van der Waals surface area (Å²) < 4.78 is 13.2. The molecule has 0 fully saturated rings. The zero-order chi connectivity index (χ0) is 14.3. The van der Waals surface area contributed by atoms with Crippen LogP contribution in [0.2, 0.25) is 0 Å². The van der Waals surface area contributed by atoms with Crippen LogP contribution in [0.1, 0.15) is 0 Å². The van der Waals surface area contributed by atoms with E-state index in [1.165, 1.54) is 24.3 Å². The fourth-order valence-electron chi connectivity index (χ4n) is 1.13. The molecule has 8 heteroatoms. The number of benzene rings is 1. The molecular formula is C11H12FN3O4. The van der Waals surface area contributed by atoms with E-state index in [-0.39, 0.29) is 5.69 Å². The van der Waals surface area contributed by atoms with Crippen molar-refractivity contribution in [1.29, 1.82) is 0 Å². The number of aliphatic carboxylic acids is 1. The van der Waals surface area contributed by atoms with Gasteiger partial charge < -0.3 is 21.1 Å². The van der Waals surface area contributed by atoms with E-state index in [1.54, 1.807) is 0 Å². The third-order valence-corrected chi connectivity index (χ3v) is 1.97. The summed E-state index contributed by atoms with van der Waals surface area (Å²) in [4.78, 5) is 32.6. The fourth-order valence-corrected chi connectivity index (χ4v) is 1.13. The molecule has 7 nitrogen and oxygen atoms in total. The van der Waals surface area contributed by atoms with Crippen LogP contribution in [-0.4, -0.2) is 36.1 Å². The average Bonchev–Trinajstić information content (AvgIpc) is 2.36. The van der Waals surface area contributed by atoms with E-state index >= 15 is 0 Å². The Morgan fingerprint density at radius 1 is 1.11 bits per heavy atom. The molecular weight excluding hydrogens is 257 g/mol. The number of anilines is 1. The SMILES string of the molecule is O=C(O)CNC(=O)CNC(=O)Nc1ccccc1F. The second kappa shape index (κ2) is 6.94. The number of amides is 3. The summed E-state index contributed by atoms with van der Waals surface area (Å²) in [6.45, 7) is -0.941. The van der Waals surface area contributed by atoms with Crippen molar-refractivity contribution in [3.8, 4) is 0 Å². The predicted octanol–water partition coefficient (Wildman–Crippen LogP) is 0.148. The van der Waals surface area contributed by atoms with Crippen molar-refractivity contribution in [2.75, 3.05) is 18.4 Å². The number of hydrogen-bond acceptors (Lipinski definition) is 3. The molecule has 1 aromatic carbocycles. The number of carboxylic acid groups (broad SMARTS) is 1. The lowest BCUT2D eigenvalue weighted by Gasteiger charge is -2.08. The predicted molar refractivity (Wildman–Crippen MR) is 64.1 cm³/mol. The number of para-hydroxylation sites is 1. The lowest BCUT2D eigenvalue weighted by molar-refractivity contribution is -0.137. The van der Waals surface area contributed by atoms with Crippen molar-refractivity contribution in [2.24, 2.45) is 0 Å². The Balaban J connectivity index is 2.34. The lowest BCUT2D eigenvalue weighted by Crippen LogP contribution is -2.40. The fraction of sp³-hybridized carbons (Fsp3) is 0.182. The van der Waals surface area contributed by atoms with E-state index in [1.807, 2.05) is 0 Å². The summed E-state index contributed by atoms with van der Waals surface area (Å²) in [6.07, 6.45) is 0. The molecule has 102 valence electrons. The van der Waals surface area contributed by atoms with Gasteiger partial charge >= 0.3 is 12.0 Å². The van der Waals surface area contributed by atoms with Crippen molar-refractivity contribution in [1.82, 2.24) is 10.6 Å². The quantitative estimate of drug-likeness (QED) is 0.610. The van der Waals surface area contributed by atoms with Gasteiger partial charge in [0.25, 0.3) is 0 Å². The van der Waals surface area contributed by atoms with Crippen LogP contribution in [0.5, 0.6) is 0 Å². The maximum atomic E-state index is 13.2. The van der Waals surface area contributed by atoms with Crippen LogP contribution in [0.3, 0.4) is 0 Å². The number of rotatable bonds is 5. The summed E-state index contributed by atoms with van der Waals surface area (Å²) in [5.74, 6) is -2.46. The van der Waals surface area contributed by atoms with Crippen molar-refractivity contribution in [3.05, 3.63) is 30.1 Å². The highest BCUT2D eigenvalue weighted by Gasteiger charge is 2.08. The van der Waals surface area contributed by atoms with Gasteiger partial charge in [0.2, 0.25) is 5.91 Å². The van der Waals surface area contributed by atoms with Crippen molar-refractivity contribution >= 4 is 23.6 Å². The molecule has 0 aliphatic heterocycles. The average molecular weight is 269 g/mol. The minimum Gasteiger partial charge on any atom is -0.480 e. The highest BCUT2D eigenvalue weighted by molar-refractivity contribution is 5.92. The second-order valence-electron chi connectivity index (χ2n) is 3.46. The number of nitrogens with one attached hydrogen (secondary N) is 3. The molecule has 3 amide bonds. The minimum absolute atomic E-state index is 0.0223. The van der Waals surface area contributed by atoms with E-state index in [0.29, 0.717) is 0 Å². The van der Waals surface area contributed by atoms with Crippen LogP contribution >= 0.6 is 0 Å². The Morgan fingerprint density at radius 2 is 1.79 bits per heavy atom. The third-order valence-electron chi connectivity index (χ3n) is 1.97. The van der Waals surface area contributed by atoms with Crippen molar-refractivity contribution < 1.29 is 23.9 Å². The maximum Gasteiger partial charge on any atom is 0.322 e. The van der Waals surface area contributed by atoms with Gasteiger partial charge in [-0.15, -0.1) is 0 Å². The zero-order valence-electron chi connectivity index (χ0n) is 9.77. The molecule has 0 atom stereocenters.